The number of unbranched alkanes of at least 4 members (excludes halogenated alkanes) is 4. The number of benzene rings is 1. The molecule has 0 bridgehead atoms. The molecule has 0 aliphatic carbocycles. The number of rotatable bonds is 8. The van der Waals surface area contributed by atoms with Crippen molar-refractivity contribution >= 4 is 5.97 Å². The molecule has 0 amide bonds. The van der Waals surface area contributed by atoms with E-state index in [9.17, 15) is 4.79 Å². The highest BCUT2D eigenvalue weighted by atomic mass is 16.5. The van der Waals surface area contributed by atoms with Crippen LogP contribution in [-0.4, -0.2) is 17.2 Å². The minimum atomic E-state index is -0.318. The second-order valence-corrected chi connectivity index (χ2v) is 4.97. The monoisotopic (exact) mass is 264 g/mol. The van der Waals surface area contributed by atoms with Crippen LogP contribution >= 0.6 is 0 Å². The fourth-order valence-corrected chi connectivity index (χ4v) is 1.94. The third-order valence-electron chi connectivity index (χ3n) is 3.13. The van der Waals surface area contributed by atoms with Crippen molar-refractivity contribution in [3.05, 3.63) is 29.8 Å². The third kappa shape index (κ3) is 6.27. The first kappa shape index (κ1) is 15.5. The molecule has 19 heavy (non-hydrogen) atoms. The molecule has 1 unspecified atom stereocenters. The van der Waals surface area contributed by atoms with Crippen LogP contribution in [0.3, 0.4) is 0 Å². The summed E-state index contributed by atoms with van der Waals surface area (Å²) in [5.41, 5.74) is 0.482. The summed E-state index contributed by atoms with van der Waals surface area (Å²) in [6.45, 7) is 4.13. The van der Waals surface area contributed by atoms with Gasteiger partial charge in [-0.15, -0.1) is 0 Å². The first-order chi connectivity index (χ1) is 9.13. The summed E-state index contributed by atoms with van der Waals surface area (Å²) in [5.74, 6) is -0.165. The van der Waals surface area contributed by atoms with E-state index in [0.717, 1.165) is 12.8 Å². The fourth-order valence-electron chi connectivity index (χ4n) is 1.94. The average molecular weight is 264 g/mol. The highest BCUT2D eigenvalue weighted by Crippen LogP contribution is 2.14. The maximum absolute atomic E-state index is 11.8. The molecule has 1 aromatic carbocycles. The Balaban J connectivity index is 2.26. The molecule has 1 atom stereocenters. The molecular weight excluding hydrogens is 240 g/mol. The number of aromatic hydroxyl groups is 1. The van der Waals surface area contributed by atoms with Crippen molar-refractivity contribution in [2.24, 2.45) is 0 Å². The zero-order valence-corrected chi connectivity index (χ0v) is 11.9. The van der Waals surface area contributed by atoms with Gasteiger partial charge >= 0.3 is 5.97 Å². The second-order valence-electron chi connectivity index (χ2n) is 4.97. The SMILES string of the molecule is CCCCCCCC(C)OC(=O)c1ccc(O)cc1. The van der Waals surface area contributed by atoms with Crippen molar-refractivity contribution < 1.29 is 14.6 Å². The van der Waals surface area contributed by atoms with Gasteiger partial charge in [0.15, 0.2) is 0 Å². The molecule has 1 N–H and O–H groups in total. The largest absolute Gasteiger partial charge is 0.508 e. The van der Waals surface area contributed by atoms with E-state index < -0.39 is 0 Å². The van der Waals surface area contributed by atoms with E-state index in [1.165, 1.54) is 37.8 Å². The predicted molar refractivity (Wildman–Crippen MR) is 76.4 cm³/mol. The topological polar surface area (TPSA) is 46.5 Å². The molecule has 0 aromatic heterocycles. The Bertz CT molecular complexity index is 370. The smallest absolute Gasteiger partial charge is 0.338 e. The Morgan fingerprint density at radius 1 is 1.16 bits per heavy atom. The summed E-state index contributed by atoms with van der Waals surface area (Å²) in [4.78, 5) is 11.8. The van der Waals surface area contributed by atoms with E-state index in [0.29, 0.717) is 5.56 Å². The first-order valence-electron chi connectivity index (χ1n) is 7.13. The van der Waals surface area contributed by atoms with E-state index in [2.05, 4.69) is 6.92 Å². The minimum Gasteiger partial charge on any atom is -0.508 e. The zero-order valence-electron chi connectivity index (χ0n) is 11.9. The second kappa shape index (κ2) is 8.57. The molecule has 0 heterocycles. The van der Waals surface area contributed by atoms with Crippen molar-refractivity contribution in [1.82, 2.24) is 0 Å². The first-order valence-corrected chi connectivity index (χ1v) is 7.13. The molecule has 0 aliphatic heterocycles. The third-order valence-corrected chi connectivity index (χ3v) is 3.13. The summed E-state index contributed by atoms with van der Waals surface area (Å²) in [7, 11) is 0. The van der Waals surface area contributed by atoms with E-state index in [4.69, 9.17) is 9.84 Å². The summed E-state index contributed by atoms with van der Waals surface area (Å²) in [5, 5.41) is 9.16. The van der Waals surface area contributed by atoms with E-state index in [1.807, 2.05) is 6.92 Å². The van der Waals surface area contributed by atoms with Crippen molar-refractivity contribution in [2.45, 2.75) is 58.5 Å². The Morgan fingerprint density at radius 3 is 2.42 bits per heavy atom. The molecule has 0 saturated carbocycles. The van der Waals surface area contributed by atoms with E-state index >= 15 is 0 Å². The standard InChI is InChI=1S/C16H24O3/c1-3-4-5-6-7-8-13(2)19-16(18)14-9-11-15(17)12-10-14/h9-13,17H,3-8H2,1-2H3. The van der Waals surface area contributed by atoms with Gasteiger partial charge in [0.2, 0.25) is 0 Å². The lowest BCUT2D eigenvalue weighted by molar-refractivity contribution is 0.0319. The molecular formula is C16H24O3. The molecule has 0 radical (unpaired) electrons. The number of hydrogen-bond donors (Lipinski definition) is 1. The number of esters is 1. The lowest BCUT2D eigenvalue weighted by atomic mass is 10.1. The molecule has 0 spiro atoms. The van der Waals surface area contributed by atoms with E-state index in [-0.39, 0.29) is 17.8 Å². The minimum absolute atomic E-state index is 0.0528. The normalized spacial score (nSPS) is 12.1. The quantitative estimate of drug-likeness (QED) is 0.562. The lowest BCUT2D eigenvalue weighted by Gasteiger charge is -2.13. The van der Waals surface area contributed by atoms with Crippen molar-refractivity contribution in [3.8, 4) is 5.75 Å². The number of ether oxygens (including phenoxy) is 1. The van der Waals surface area contributed by atoms with Crippen LogP contribution in [0.25, 0.3) is 0 Å². The van der Waals surface area contributed by atoms with Crippen LogP contribution in [0, 0.1) is 0 Å². The number of phenols is 1. The number of phenolic OH excluding ortho intramolecular Hbond substituents is 1. The lowest BCUT2D eigenvalue weighted by Crippen LogP contribution is -2.14. The molecule has 3 nitrogen and oxygen atoms in total. The van der Waals surface area contributed by atoms with Gasteiger partial charge in [-0.05, 0) is 44.0 Å². The summed E-state index contributed by atoms with van der Waals surface area (Å²) in [6.07, 6.45) is 6.94. The van der Waals surface area contributed by atoms with Crippen LogP contribution in [-0.2, 0) is 4.74 Å². The Labute approximate surface area is 115 Å². The molecule has 0 fully saturated rings. The van der Waals surface area contributed by atoms with Gasteiger partial charge in [0.25, 0.3) is 0 Å². The maximum Gasteiger partial charge on any atom is 0.338 e. The van der Waals surface area contributed by atoms with Gasteiger partial charge in [-0.1, -0.05) is 32.6 Å². The number of carbonyl (C=O) groups is 1. The fraction of sp³-hybridized carbons (Fsp3) is 0.562. The molecule has 106 valence electrons. The summed E-state index contributed by atoms with van der Waals surface area (Å²) >= 11 is 0. The summed E-state index contributed by atoms with van der Waals surface area (Å²) in [6, 6.07) is 6.13. The van der Waals surface area contributed by atoms with Crippen molar-refractivity contribution in [1.29, 1.82) is 0 Å². The maximum atomic E-state index is 11.8. The van der Waals surface area contributed by atoms with Gasteiger partial charge in [-0.25, -0.2) is 4.79 Å². The Morgan fingerprint density at radius 2 is 1.79 bits per heavy atom. The molecule has 0 aliphatic rings. The molecule has 0 saturated heterocycles. The number of hydrogen-bond acceptors (Lipinski definition) is 3. The van der Waals surface area contributed by atoms with Crippen LogP contribution in [0.2, 0.25) is 0 Å². The highest BCUT2D eigenvalue weighted by Gasteiger charge is 2.11. The highest BCUT2D eigenvalue weighted by molar-refractivity contribution is 5.89. The number of carbonyl (C=O) groups excluding carboxylic acids is 1. The van der Waals surface area contributed by atoms with Gasteiger partial charge in [0.1, 0.15) is 5.75 Å². The van der Waals surface area contributed by atoms with Gasteiger partial charge in [0.05, 0.1) is 11.7 Å². The van der Waals surface area contributed by atoms with Crippen LogP contribution < -0.4 is 0 Å². The van der Waals surface area contributed by atoms with E-state index in [1.54, 1.807) is 12.1 Å². The van der Waals surface area contributed by atoms with Crippen molar-refractivity contribution in [3.63, 3.8) is 0 Å². The zero-order chi connectivity index (χ0) is 14.1. The Kier molecular flexibility index (Phi) is 7.01. The van der Waals surface area contributed by atoms with Crippen LogP contribution in [0.15, 0.2) is 24.3 Å². The van der Waals surface area contributed by atoms with Gasteiger partial charge in [-0.2, -0.15) is 0 Å². The van der Waals surface area contributed by atoms with Crippen LogP contribution in [0.5, 0.6) is 5.75 Å². The Hall–Kier alpha value is -1.51. The molecule has 1 aromatic rings. The van der Waals surface area contributed by atoms with Crippen molar-refractivity contribution in [2.75, 3.05) is 0 Å². The van der Waals surface area contributed by atoms with Crippen LogP contribution in [0.1, 0.15) is 62.7 Å². The molecule has 3 heteroatoms. The van der Waals surface area contributed by atoms with Gasteiger partial charge < -0.3 is 9.84 Å². The molecule has 1 rings (SSSR count). The van der Waals surface area contributed by atoms with Gasteiger partial charge in [0, 0.05) is 0 Å². The average Bonchev–Trinajstić information content (AvgIpc) is 2.39. The predicted octanol–water partition coefficient (Wildman–Crippen LogP) is 4.30. The van der Waals surface area contributed by atoms with Gasteiger partial charge in [-0.3, -0.25) is 0 Å². The summed E-state index contributed by atoms with van der Waals surface area (Å²) < 4.78 is 5.36. The van der Waals surface area contributed by atoms with Crippen LogP contribution in [0.4, 0.5) is 0 Å².